The first kappa shape index (κ1) is 23.7. The molecule has 0 amide bonds. The predicted molar refractivity (Wildman–Crippen MR) is 112 cm³/mol. The van der Waals surface area contributed by atoms with Gasteiger partial charge in [-0.1, -0.05) is 123 Å². The van der Waals surface area contributed by atoms with Gasteiger partial charge in [-0.05, 0) is 31.6 Å². The summed E-state index contributed by atoms with van der Waals surface area (Å²) >= 11 is 0. The zero-order valence-electron chi connectivity index (χ0n) is 16.9. The van der Waals surface area contributed by atoms with E-state index in [0.717, 1.165) is 18.8 Å². The summed E-state index contributed by atoms with van der Waals surface area (Å²) in [6.07, 6.45) is 29.2. The molecule has 24 heavy (non-hydrogen) atoms. The molecule has 0 nitrogen and oxygen atoms in total. The topological polar surface area (TPSA) is 0 Å². The Kier molecular flexibility index (Phi) is 20.6. The predicted octanol–water partition coefficient (Wildman–Crippen LogP) is 8.87. The third-order valence-electron chi connectivity index (χ3n) is 5.10. The van der Waals surface area contributed by atoms with Gasteiger partial charge in [-0.3, -0.25) is 0 Å². The summed E-state index contributed by atoms with van der Waals surface area (Å²) in [7, 11) is 0. The van der Waals surface area contributed by atoms with Crippen LogP contribution in [0.5, 0.6) is 0 Å². The Bertz CT molecular complexity index is 240. The van der Waals surface area contributed by atoms with Crippen LogP contribution in [0.4, 0.5) is 0 Å². The molecule has 0 spiro atoms. The van der Waals surface area contributed by atoms with Crippen LogP contribution in [-0.2, 0) is 0 Å². The molecule has 0 aromatic rings. The largest absolute Gasteiger partial charge is 0.0885 e. The Hall–Kier alpha value is -0.260. The summed E-state index contributed by atoms with van der Waals surface area (Å²) in [6, 6.07) is 0. The van der Waals surface area contributed by atoms with Crippen LogP contribution in [0.2, 0.25) is 0 Å². The lowest BCUT2D eigenvalue weighted by atomic mass is 9.90. The lowest BCUT2D eigenvalue weighted by molar-refractivity contribution is 0.374. The van der Waals surface area contributed by atoms with Gasteiger partial charge >= 0.3 is 0 Å². The van der Waals surface area contributed by atoms with Crippen molar-refractivity contribution in [2.75, 3.05) is 0 Å². The normalized spacial score (nSPS) is 13.0. The molecule has 0 fully saturated rings. The Labute approximate surface area is 154 Å². The van der Waals surface area contributed by atoms with E-state index in [9.17, 15) is 0 Å². The van der Waals surface area contributed by atoms with Crippen molar-refractivity contribution in [1.29, 1.82) is 0 Å². The summed E-state index contributed by atoms with van der Waals surface area (Å²) in [5.74, 6) is 1.000. The van der Waals surface area contributed by atoms with Crippen LogP contribution in [0.3, 0.4) is 0 Å². The fourth-order valence-electron chi connectivity index (χ4n) is 3.44. The summed E-state index contributed by atoms with van der Waals surface area (Å²) < 4.78 is 0. The van der Waals surface area contributed by atoms with Crippen molar-refractivity contribution in [1.82, 2.24) is 0 Å². The first-order chi connectivity index (χ1) is 11.8. The van der Waals surface area contributed by atoms with Crippen molar-refractivity contribution in [2.45, 2.75) is 122 Å². The molecule has 142 valence electrons. The van der Waals surface area contributed by atoms with Crippen LogP contribution < -0.4 is 0 Å². The van der Waals surface area contributed by atoms with Crippen molar-refractivity contribution in [3.05, 3.63) is 26.0 Å². The van der Waals surface area contributed by atoms with E-state index in [4.69, 9.17) is 0 Å². The highest BCUT2D eigenvalue weighted by Gasteiger charge is 2.07. The number of hydrogen-bond donors (Lipinski definition) is 0. The van der Waals surface area contributed by atoms with Crippen molar-refractivity contribution in [2.24, 2.45) is 5.92 Å². The monoisotopic (exact) mass is 334 g/mol. The van der Waals surface area contributed by atoms with Crippen LogP contribution in [0.25, 0.3) is 0 Å². The quantitative estimate of drug-likeness (QED) is 0.163. The minimum Gasteiger partial charge on any atom is -0.0885 e. The van der Waals surface area contributed by atoms with Gasteiger partial charge in [0.1, 0.15) is 0 Å². The van der Waals surface area contributed by atoms with E-state index >= 15 is 0 Å². The maximum absolute atomic E-state index is 3.92. The number of unbranched alkanes of at least 4 members (excludes halogenated alkanes) is 11. The molecular weight excluding hydrogens is 288 g/mol. The van der Waals surface area contributed by atoms with Crippen molar-refractivity contribution in [3.63, 3.8) is 0 Å². The van der Waals surface area contributed by atoms with E-state index in [1.807, 2.05) is 0 Å². The molecule has 0 aliphatic heterocycles. The highest BCUT2D eigenvalue weighted by molar-refractivity contribution is 4.81. The molecule has 0 aromatic heterocycles. The van der Waals surface area contributed by atoms with E-state index in [1.165, 1.54) is 103 Å². The first-order valence-electron chi connectivity index (χ1n) is 11.1. The summed E-state index contributed by atoms with van der Waals surface area (Å²) in [5, 5.41) is 0. The Morgan fingerprint density at radius 3 is 1.71 bits per heavy atom. The minimum absolute atomic E-state index is 1.000. The van der Waals surface area contributed by atoms with Gasteiger partial charge < -0.3 is 0 Å². The molecule has 0 heterocycles. The molecule has 0 heteroatoms. The smallest absolute Gasteiger partial charge is 0.0351 e. The van der Waals surface area contributed by atoms with Crippen LogP contribution in [0, 0.1) is 19.8 Å². The van der Waals surface area contributed by atoms with Gasteiger partial charge in [-0.15, -0.1) is 0 Å². The highest BCUT2D eigenvalue weighted by atomic mass is 14.1. The van der Waals surface area contributed by atoms with Gasteiger partial charge in [0.25, 0.3) is 0 Å². The maximum Gasteiger partial charge on any atom is -0.0351 e. The van der Waals surface area contributed by atoms with Gasteiger partial charge in [-0.25, -0.2) is 0 Å². The molecular formula is C24H46. The number of hydrogen-bond acceptors (Lipinski definition) is 0. The number of rotatable bonds is 19. The third kappa shape index (κ3) is 18.1. The Morgan fingerprint density at radius 2 is 1.08 bits per heavy atom. The van der Waals surface area contributed by atoms with Crippen molar-refractivity contribution in [3.8, 4) is 0 Å². The van der Waals surface area contributed by atoms with Gasteiger partial charge in [0.2, 0.25) is 0 Å². The molecule has 0 aromatic carbocycles. The summed E-state index contributed by atoms with van der Waals surface area (Å²) in [5.41, 5.74) is 0. The van der Waals surface area contributed by atoms with Gasteiger partial charge in [0.15, 0.2) is 0 Å². The zero-order valence-corrected chi connectivity index (χ0v) is 16.9. The Morgan fingerprint density at radius 1 is 0.583 bits per heavy atom. The molecule has 0 rings (SSSR count). The van der Waals surface area contributed by atoms with Gasteiger partial charge in [-0.2, -0.15) is 0 Å². The molecule has 0 bridgehead atoms. The van der Waals surface area contributed by atoms with Gasteiger partial charge in [0.05, 0.1) is 0 Å². The van der Waals surface area contributed by atoms with E-state index in [1.54, 1.807) is 0 Å². The lowest BCUT2D eigenvalue weighted by Crippen LogP contribution is -2.01. The molecule has 0 N–H and O–H groups in total. The second-order valence-electron chi connectivity index (χ2n) is 7.52. The zero-order chi connectivity index (χ0) is 17.7. The van der Waals surface area contributed by atoms with E-state index in [2.05, 4.69) is 32.9 Å². The minimum atomic E-state index is 1.000. The van der Waals surface area contributed by atoms with Crippen molar-refractivity contribution >= 4 is 0 Å². The molecule has 0 aliphatic carbocycles. The summed E-state index contributed by atoms with van der Waals surface area (Å²) in [4.78, 5) is 0. The number of allylic oxidation sites excluding steroid dienone is 2. The van der Waals surface area contributed by atoms with E-state index < -0.39 is 0 Å². The molecule has 1 unspecified atom stereocenters. The van der Waals surface area contributed by atoms with Crippen molar-refractivity contribution < 1.29 is 0 Å². The average molecular weight is 335 g/mol. The molecule has 1 atom stereocenters. The van der Waals surface area contributed by atoms with E-state index in [0.29, 0.717) is 0 Å². The molecule has 0 aliphatic rings. The van der Waals surface area contributed by atoms with Crippen LogP contribution >= 0.6 is 0 Å². The van der Waals surface area contributed by atoms with Crippen LogP contribution in [0.1, 0.15) is 122 Å². The second kappa shape index (κ2) is 20.8. The third-order valence-corrected chi connectivity index (χ3v) is 5.10. The standard InChI is InChI=1S/C24H46/c1-4-7-10-12-14-16-18-20-23-24(21-9-6-3)22-19-17-15-13-11-8-5-2/h12,14,24H,1-2,4-11,13,15-23H2,3H3/b14-12+. The van der Waals surface area contributed by atoms with Crippen LogP contribution in [0.15, 0.2) is 12.2 Å². The average Bonchev–Trinajstić information content (AvgIpc) is 2.60. The summed E-state index contributed by atoms with van der Waals surface area (Å²) in [6.45, 7) is 10.1. The SMILES string of the molecule is [CH2]CCC/C=C/CCCCC(CCCC)CCCCCCCC[CH2]. The molecule has 0 saturated heterocycles. The Balaban J connectivity index is 3.63. The highest BCUT2D eigenvalue weighted by Crippen LogP contribution is 2.23. The molecule has 0 saturated carbocycles. The van der Waals surface area contributed by atoms with E-state index in [-0.39, 0.29) is 0 Å². The fourth-order valence-corrected chi connectivity index (χ4v) is 3.44. The first-order valence-corrected chi connectivity index (χ1v) is 11.1. The maximum atomic E-state index is 3.92. The fraction of sp³-hybridized carbons (Fsp3) is 0.833. The van der Waals surface area contributed by atoms with Gasteiger partial charge in [0, 0.05) is 0 Å². The second-order valence-corrected chi connectivity index (χ2v) is 7.52. The lowest BCUT2D eigenvalue weighted by Gasteiger charge is -2.16. The molecule has 2 radical (unpaired) electrons. The van der Waals surface area contributed by atoms with Crippen LogP contribution in [-0.4, -0.2) is 0 Å².